The number of nitrogens with one attached hydrogen (secondary N) is 1. The highest BCUT2D eigenvalue weighted by molar-refractivity contribution is 7.15. The Morgan fingerprint density at radius 3 is 2.61 bits per heavy atom. The zero-order chi connectivity index (χ0) is 20.3. The van der Waals surface area contributed by atoms with E-state index < -0.39 is 11.6 Å². The van der Waals surface area contributed by atoms with Gasteiger partial charge in [-0.3, -0.25) is 9.59 Å². The van der Waals surface area contributed by atoms with Crippen molar-refractivity contribution >= 4 is 28.6 Å². The minimum atomic E-state index is -0.831. The molecule has 0 bridgehead atoms. The molecule has 28 heavy (non-hydrogen) atoms. The van der Waals surface area contributed by atoms with Crippen molar-refractivity contribution in [2.24, 2.45) is 0 Å². The summed E-state index contributed by atoms with van der Waals surface area (Å²) in [5.41, 5.74) is 6.61. The Labute approximate surface area is 166 Å². The second-order valence-electron chi connectivity index (χ2n) is 6.27. The number of carbonyl (C=O) groups is 1. The van der Waals surface area contributed by atoms with Gasteiger partial charge in [0.1, 0.15) is 23.2 Å². The third kappa shape index (κ3) is 4.23. The van der Waals surface area contributed by atoms with E-state index in [1.54, 1.807) is 48.6 Å². The highest BCUT2D eigenvalue weighted by Gasteiger charge is 2.20. The van der Waals surface area contributed by atoms with Crippen LogP contribution in [-0.4, -0.2) is 22.3 Å². The van der Waals surface area contributed by atoms with Crippen molar-refractivity contribution in [3.05, 3.63) is 57.7 Å². The standard InChI is InChI=1S/C20H22N4O3S/c1-4-27-15-8-6-14(7-9-15)22-19(25)13(3)24-20(26)16(21)11-17(23-24)18-10-5-12(2)28-18/h5-11,13H,4,21H2,1-3H3,(H,22,25). The van der Waals surface area contributed by atoms with Gasteiger partial charge in [-0.15, -0.1) is 11.3 Å². The number of nitrogens with zero attached hydrogens (tertiary/aromatic N) is 2. The van der Waals surface area contributed by atoms with Gasteiger partial charge < -0.3 is 15.8 Å². The molecule has 2 aromatic heterocycles. The number of hydrogen-bond donors (Lipinski definition) is 2. The van der Waals surface area contributed by atoms with E-state index in [-0.39, 0.29) is 11.6 Å². The van der Waals surface area contributed by atoms with Crippen molar-refractivity contribution in [3.63, 3.8) is 0 Å². The molecular weight excluding hydrogens is 376 g/mol. The van der Waals surface area contributed by atoms with E-state index in [4.69, 9.17) is 10.5 Å². The summed E-state index contributed by atoms with van der Waals surface area (Å²) in [6, 6.07) is 11.6. The molecule has 0 aliphatic carbocycles. The number of aryl methyl sites for hydroxylation is 1. The zero-order valence-electron chi connectivity index (χ0n) is 15.9. The number of benzene rings is 1. The highest BCUT2D eigenvalue weighted by atomic mass is 32.1. The number of thiophene rings is 1. The molecule has 0 saturated carbocycles. The number of nitrogen functional groups attached to an aromatic ring is 1. The number of ether oxygens (including phenoxy) is 1. The lowest BCUT2D eigenvalue weighted by atomic mass is 10.2. The number of amides is 1. The Kier molecular flexibility index (Phi) is 5.79. The normalized spacial score (nSPS) is 11.8. The van der Waals surface area contributed by atoms with Crippen LogP contribution >= 0.6 is 11.3 Å². The summed E-state index contributed by atoms with van der Waals surface area (Å²) in [4.78, 5) is 27.1. The van der Waals surface area contributed by atoms with E-state index in [1.165, 1.54) is 0 Å². The second kappa shape index (κ2) is 8.26. The Hall–Kier alpha value is -3.13. The third-order valence-corrected chi connectivity index (χ3v) is 5.16. The first kappa shape index (κ1) is 19.6. The van der Waals surface area contributed by atoms with Gasteiger partial charge in [-0.25, -0.2) is 4.68 Å². The Balaban J connectivity index is 1.84. The molecule has 3 N–H and O–H groups in total. The van der Waals surface area contributed by atoms with E-state index >= 15 is 0 Å². The molecule has 0 spiro atoms. The molecule has 0 saturated heterocycles. The second-order valence-corrected chi connectivity index (χ2v) is 7.56. The van der Waals surface area contributed by atoms with Gasteiger partial charge in [0, 0.05) is 10.6 Å². The van der Waals surface area contributed by atoms with Gasteiger partial charge in [-0.2, -0.15) is 5.10 Å². The number of aromatic nitrogens is 2. The molecule has 3 aromatic rings. The van der Waals surface area contributed by atoms with Crippen LogP contribution in [0.1, 0.15) is 24.8 Å². The monoisotopic (exact) mass is 398 g/mol. The number of carbonyl (C=O) groups excluding carboxylic acids is 1. The summed E-state index contributed by atoms with van der Waals surface area (Å²) < 4.78 is 6.52. The van der Waals surface area contributed by atoms with E-state index in [9.17, 15) is 9.59 Å². The first-order valence-electron chi connectivity index (χ1n) is 8.89. The summed E-state index contributed by atoms with van der Waals surface area (Å²) in [5.74, 6) is 0.357. The molecule has 0 radical (unpaired) electrons. The van der Waals surface area contributed by atoms with Gasteiger partial charge >= 0.3 is 0 Å². The van der Waals surface area contributed by atoms with Crippen LogP contribution in [0.5, 0.6) is 5.75 Å². The lowest BCUT2D eigenvalue weighted by Crippen LogP contribution is -2.34. The maximum absolute atomic E-state index is 12.7. The maximum atomic E-state index is 12.7. The molecule has 0 aliphatic heterocycles. The molecule has 0 fully saturated rings. The van der Waals surface area contributed by atoms with Gasteiger partial charge in [-0.05, 0) is 63.2 Å². The largest absolute Gasteiger partial charge is 0.494 e. The topological polar surface area (TPSA) is 99.2 Å². The van der Waals surface area contributed by atoms with Crippen LogP contribution < -0.4 is 21.3 Å². The smallest absolute Gasteiger partial charge is 0.290 e. The van der Waals surface area contributed by atoms with E-state index in [2.05, 4.69) is 10.4 Å². The van der Waals surface area contributed by atoms with Gasteiger partial charge in [0.2, 0.25) is 5.91 Å². The molecule has 7 nitrogen and oxygen atoms in total. The van der Waals surface area contributed by atoms with Gasteiger partial charge in [0.15, 0.2) is 0 Å². The molecule has 3 rings (SSSR count). The Morgan fingerprint density at radius 1 is 1.29 bits per heavy atom. The van der Waals surface area contributed by atoms with Crippen LogP contribution in [0.4, 0.5) is 11.4 Å². The third-order valence-electron chi connectivity index (χ3n) is 4.13. The minimum Gasteiger partial charge on any atom is -0.494 e. The molecule has 146 valence electrons. The lowest BCUT2D eigenvalue weighted by Gasteiger charge is -2.16. The first-order chi connectivity index (χ1) is 13.4. The number of nitrogens with two attached hydrogens (primary N) is 1. The average molecular weight is 398 g/mol. The van der Waals surface area contributed by atoms with Crippen LogP contribution in [0.3, 0.4) is 0 Å². The van der Waals surface area contributed by atoms with E-state index in [0.29, 0.717) is 18.0 Å². The van der Waals surface area contributed by atoms with Crippen molar-refractivity contribution in [3.8, 4) is 16.3 Å². The lowest BCUT2D eigenvalue weighted by molar-refractivity contribution is -0.119. The summed E-state index contributed by atoms with van der Waals surface area (Å²) in [6.07, 6.45) is 0. The molecule has 2 heterocycles. The molecule has 8 heteroatoms. The van der Waals surface area contributed by atoms with Crippen molar-refractivity contribution in [2.45, 2.75) is 26.8 Å². The van der Waals surface area contributed by atoms with Crippen molar-refractivity contribution in [1.29, 1.82) is 0 Å². The van der Waals surface area contributed by atoms with Crippen LogP contribution in [0, 0.1) is 6.92 Å². The Morgan fingerprint density at radius 2 is 2.00 bits per heavy atom. The fourth-order valence-corrected chi connectivity index (χ4v) is 3.47. The summed E-state index contributed by atoms with van der Waals surface area (Å²) in [5, 5.41) is 7.16. The fraction of sp³-hybridized carbons (Fsp3) is 0.250. The quantitative estimate of drug-likeness (QED) is 0.662. The minimum absolute atomic E-state index is 0.0526. The summed E-state index contributed by atoms with van der Waals surface area (Å²) >= 11 is 1.55. The molecule has 1 atom stereocenters. The van der Waals surface area contributed by atoms with E-state index in [0.717, 1.165) is 20.2 Å². The van der Waals surface area contributed by atoms with Gasteiger partial charge in [-0.1, -0.05) is 0 Å². The van der Waals surface area contributed by atoms with Crippen LogP contribution in [0.15, 0.2) is 47.3 Å². The Bertz CT molecular complexity index is 1040. The molecule has 1 amide bonds. The molecule has 1 unspecified atom stereocenters. The molecular formula is C20H22N4O3S. The van der Waals surface area contributed by atoms with Gasteiger partial charge in [0.25, 0.3) is 5.56 Å². The number of hydrogen-bond acceptors (Lipinski definition) is 6. The predicted octanol–water partition coefficient (Wildman–Crippen LogP) is 3.46. The average Bonchev–Trinajstić information content (AvgIpc) is 3.11. The molecule has 0 aliphatic rings. The molecule has 1 aromatic carbocycles. The zero-order valence-corrected chi connectivity index (χ0v) is 16.7. The van der Waals surface area contributed by atoms with Crippen molar-refractivity contribution in [2.75, 3.05) is 17.7 Å². The van der Waals surface area contributed by atoms with Crippen LogP contribution in [0.2, 0.25) is 0 Å². The SMILES string of the molecule is CCOc1ccc(NC(=O)C(C)n2nc(-c3ccc(C)s3)cc(N)c2=O)cc1. The van der Waals surface area contributed by atoms with Crippen LogP contribution in [0.25, 0.3) is 10.6 Å². The maximum Gasteiger partial charge on any atom is 0.290 e. The highest BCUT2D eigenvalue weighted by Crippen LogP contribution is 2.26. The fourth-order valence-electron chi connectivity index (χ4n) is 2.65. The first-order valence-corrected chi connectivity index (χ1v) is 9.70. The van der Waals surface area contributed by atoms with Crippen molar-refractivity contribution < 1.29 is 9.53 Å². The summed E-state index contributed by atoms with van der Waals surface area (Å²) in [7, 11) is 0. The number of rotatable bonds is 6. The van der Waals surface area contributed by atoms with Gasteiger partial charge in [0.05, 0.1) is 11.5 Å². The van der Waals surface area contributed by atoms with E-state index in [1.807, 2.05) is 26.0 Å². The number of anilines is 2. The summed E-state index contributed by atoms with van der Waals surface area (Å²) in [6.45, 7) is 6.07. The predicted molar refractivity (Wildman–Crippen MR) is 112 cm³/mol. The van der Waals surface area contributed by atoms with Crippen molar-refractivity contribution in [1.82, 2.24) is 9.78 Å². The van der Waals surface area contributed by atoms with Crippen LogP contribution in [-0.2, 0) is 4.79 Å².